The fraction of sp³-hybridized carbons (Fsp3) is 0.333. The number of carbonyl (C=O) groups excluding carboxylic acids is 4. The number of nitrogens with one attached hydrogen (secondary N) is 4. The fourth-order valence-electron chi connectivity index (χ4n) is 2.73. The summed E-state index contributed by atoms with van der Waals surface area (Å²) in [6.45, 7) is 12.3. The van der Waals surface area contributed by atoms with Crippen molar-refractivity contribution >= 4 is 23.6 Å². The maximum absolute atomic E-state index is 12.2. The summed E-state index contributed by atoms with van der Waals surface area (Å²) in [6.07, 6.45) is 0. The quantitative estimate of drug-likeness (QED) is 0.426. The highest BCUT2D eigenvalue weighted by molar-refractivity contribution is 6.35. The first-order valence-electron chi connectivity index (χ1n) is 10.2. The van der Waals surface area contributed by atoms with Gasteiger partial charge in [-0.3, -0.25) is 40.9 Å². The molecule has 0 aromatic heterocycles. The van der Waals surface area contributed by atoms with Crippen LogP contribution in [0.4, 0.5) is 0 Å². The van der Waals surface area contributed by atoms with Crippen molar-refractivity contribution < 1.29 is 19.2 Å². The van der Waals surface area contributed by atoms with Crippen molar-refractivity contribution in [2.75, 3.05) is 0 Å². The van der Waals surface area contributed by atoms with Gasteiger partial charge in [0.15, 0.2) is 0 Å². The third-order valence-electron chi connectivity index (χ3n) is 4.81. The van der Waals surface area contributed by atoms with Crippen LogP contribution in [-0.2, 0) is 20.4 Å². The smallest absolute Gasteiger partial charge is 0.267 e. The molecule has 0 bridgehead atoms. The lowest BCUT2D eigenvalue weighted by atomic mass is 9.87. The van der Waals surface area contributed by atoms with Crippen molar-refractivity contribution in [2.24, 2.45) is 0 Å². The highest BCUT2D eigenvalue weighted by Gasteiger charge is 2.18. The van der Waals surface area contributed by atoms with Crippen LogP contribution in [0.1, 0.15) is 73.4 Å². The second-order valence-electron chi connectivity index (χ2n) is 9.47. The molecule has 0 unspecified atom stereocenters. The summed E-state index contributed by atoms with van der Waals surface area (Å²) >= 11 is 0. The molecular formula is C24H30N4O4. The van der Waals surface area contributed by atoms with Gasteiger partial charge in [-0.25, -0.2) is 0 Å². The van der Waals surface area contributed by atoms with E-state index in [9.17, 15) is 19.2 Å². The topological polar surface area (TPSA) is 116 Å². The SMILES string of the molecule is CC(C)(C)c1ccc(C(=O)NNC(=O)C(=O)NNC(=O)c2ccc(C(C)(C)C)cc2)cc1. The first kappa shape index (κ1) is 24.6. The minimum atomic E-state index is -1.13. The predicted octanol–water partition coefficient (Wildman–Crippen LogP) is 2.50. The molecule has 8 heteroatoms. The number of rotatable bonds is 2. The Balaban J connectivity index is 1.83. The first-order valence-corrected chi connectivity index (χ1v) is 10.2. The molecule has 0 atom stereocenters. The number of amides is 4. The molecule has 4 N–H and O–H groups in total. The molecule has 0 spiro atoms. The van der Waals surface area contributed by atoms with Crippen molar-refractivity contribution in [1.29, 1.82) is 0 Å². The average Bonchev–Trinajstić information content (AvgIpc) is 2.74. The molecule has 0 heterocycles. The van der Waals surface area contributed by atoms with Crippen LogP contribution in [0.5, 0.6) is 0 Å². The Labute approximate surface area is 188 Å². The van der Waals surface area contributed by atoms with E-state index in [0.29, 0.717) is 11.1 Å². The zero-order chi connectivity index (χ0) is 24.1. The molecule has 0 fully saturated rings. The van der Waals surface area contributed by atoms with Gasteiger partial charge in [0.05, 0.1) is 0 Å². The van der Waals surface area contributed by atoms with Crippen LogP contribution >= 0.6 is 0 Å². The van der Waals surface area contributed by atoms with Gasteiger partial charge in [0, 0.05) is 11.1 Å². The Kier molecular flexibility index (Phi) is 7.40. The number of hydrazine groups is 2. The van der Waals surface area contributed by atoms with Gasteiger partial charge in [0.25, 0.3) is 11.8 Å². The molecule has 0 radical (unpaired) electrons. The van der Waals surface area contributed by atoms with E-state index in [-0.39, 0.29) is 10.8 Å². The molecule has 170 valence electrons. The Morgan fingerprint density at radius 1 is 0.500 bits per heavy atom. The van der Waals surface area contributed by atoms with E-state index >= 15 is 0 Å². The average molecular weight is 439 g/mol. The zero-order valence-corrected chi connectivity index (χ0v) is 19.3. The van der Waals surface area contributed by atoms with Crippen LogP contribution in [0.25, 0.3) is 0 Å². The third kappa shape index (κ3) is 6.66. The van der Waals surface area contributed by atoms with Crippen molar-refractivity contribution in [3.63, 3.8) is 0 Å². The largest absolute Gasteiger partial charge is 0.329 e. The van der Waals surface area contributed by atoms with E-state index in [2.05, 4.69) is 52.4 Å². The monoisotopic (exact) mass is 438 g/mol. The molecule has 0 aliphatic rings. The van der Waals surface area contributed by atoms with Gasteiger partial charge in [0.1, 0.15) is 0 Å². The summed E-state index contributed by atoms with van der Waals surface area (Å²) in [6, 6.07) is 13.8. The van der Waals surface area contributed by atoms with E-state index in [1.807, 2.05) is 35.1 Å². The number of hydrogen-bond acceptors (Lipinski definition) is 4. The Morgan fingerprint density at radius 3 is 1.03 bits per heavy atom. The third-order valence-corrected chi connectivity index (χ3v) is 4.81. The Morgan fingerprint density at radius 2 is 0.781 bits per heavy atom. The highest BCUT2D eigenvalue weighted by Crippen LogP contribution is 2.23. The van der Waals surface area contributed by atoms with E-state index in [1.54, 1.807) is 24.3 Å². The standard InChI is InChI=1S/C24H30N4O4/c1-23(2,3)17-11-7-15(8-12-17)19(29)25-27-21(31)22(32)28-26-20(30)16-9-13-18(14-10-16)24(4,5)6/h7-14H,1-6H3,(H,25,29)(H,26,30)(H,27,31)(H,28,32). The van der Waals surface area contributed by atoms with E-state index in [4.69, 9.17) is 0 Å². The lowest BCUT2D eigenvalue weighted by Gasteiger charge is -2.19. The Bertz CT molecular complexity index is 915. The van der Waals surface area contributed by atoms with Crippen LogP contribution < -0.4 is 21.7 Å². The van der Waals surface area contributed by atoms with Crippen LogP contribution in [0.15, 0.2) is 48.5 Å². The van der Waals surface area contributed by atoms with Crippen LogP contribution in [0, 0.1) is 0 Å². The summed E-state index contributed by atoms with van der Waals surface area (Å²) < 4.78 is 0. The molecule has 32 heavy (non-hydrogen) atoms. The highest BCUT2D eigenvalue weighted by atomic mass is 16.2. The Hall–Kier alpha value is -3.68. The number of benzene rings is 2. The lowest BCUT2D eigenvalue weighted by molar-refractivity contribution is -0.140. The second kappa shape index (κ2) is 9.64. The van der Waals surface area contributed by atoms with Gasteiger partial charge >= 0.3 is 11.8 Å². The zero-order valence-electron chi connectivity index (χ0n) is 19.3. The maximum atomic E-state index is 12.2. The summed E-state index contributed by atoms with van der Waals surface area (Å²) in [4.78, 5) is 48.1. The molecule has 8 nitrogen and oxygen atoms in total. The molecule has 0 saturated heterocycles. The molecule has 4 amide bonds. The summed E-state index contributed by atoms with van der Waals surface area (Å²) in [7, 11) is 0. The maximum Gasteiger partial charge on any atom is 0.329 e. The fourth-order valence-corrected chi connectivity index (χ4v) is 2.73. The number of carbonyl (C=O) groups is 4. The molecule has 2 aromatic rings. The van der Waals surface area contributed by atoms with E-state index in [1.165, 1.54) is 0 Å². The van der Waals surface area contributed by atoms with Gasteiger partial charge in [-0.15, -0.1) is 0 Å². The summed E-state index contributed by atoms with van der Waals surface area (Å²) in [5.41, 5.74) is 11.0. The first-order chi connectivity index (χ1) is 14.8. The number of hydrogen-bond donors (Lipinski definition) is 4. The molecular weight excluding hydrogens is 408 g/mol. The minimum absolute atomic E-state index is 0.0552. The van der Waals surface area contributed by atoms with E-state index in [0.717, 1.165) is 11.1 Å². The van der Waals surface area contributed by atoms with Crippen molar-refractivity contribution in [2.45, 2.75) is 52.4 Å². The second-order valence-corrected chi connectivity index (χ2v) is 9.47. The van der Waals surface area contributed by atoms with Crippen molar-refractivity contribution in [3.8, 4) is 0 Å². The van der Waals surface area contributed by atoms with Gasteiger partial charge in [-0.2, -0.15) is 0 Å². The molecule has 0 saturated carbocycles. The molecule has 0 aliphatic heterocycles. The van der Waals surface area contributed by atoms with Crippen molar-refractivity contribution in [3.05, 3.63) is 70.8 Å². The normalized spacial score (nSPS) is 11.3. The molecule has 0 aliphatic carbocycles. The van der Waals surface area contributed by atoms with Gasteiger partial charge in [0.2, 0.25) is 0 Å². The summed E-state index contributed by atoms with van der Waals surface area (Å²) in [5, 5.41) is 0. The van der Waals surface area contributed by atoms with Crippen molar-refractivity contribution in [1.82, 2.24) is 21.7 Å². The lowest BCUT2D eigenvalue weighted by Crippen LogP contribution is -2.52. The van der Waals surface area contributed by atoms with Crippen LogP contribution in [0.3, 0.4) is 0 Å². The molecule has 2 rings (SSSR count). The van der Waals surface area contributed by atoms with Gasteiger partial charge in [-0.1, -0.05) is 65.8 Å². The predicted molar refractivity (Wildman–Crippen MR) is 122 cm³/mol. The molecule has 2 aromatic carbocycles. The van der Waals surface area contributed by atoms with E-state index < -0.39 is 23.6 Å². The summed E-state index contributed by atoms with van der Waals surface area (Å²) in [5.74, 6) is -3.41. The minimum Gasteiger partial charge on any atom is -0.267 e. The van der Waals surface area contributed by atoms with Gasteiger partial charge < -0.3 is 0 Å². The van der Waals surface area contributed by atoms with Gasteiger partial charge in [-0.05, 0) is 46.2 Å². The van der Waals surface area contributed by atoms with Crippen LogP contribution in [-0.4, -0.2) is 23.6 Å². The van der Waals surface area contributed by atoms with Crippen LogP contribution in [0.2, 0.25) is 0 Å².